The normalized spacial score (nSPS) is 18.4. The molecule has 1 saturated heterocycles. The first-order chi connectivity index (χ1) is 9.76. The van der Waals surface area contributed by atoms with Gasteiger partial charge in [-0.25, -0.2) is 9.97 Å². The van der Waals surface area contributed by atoms with Crippen LogP contribution in [-0.4, -0.2) is 36.3 Å². The van der Waals surface area contributed by atoms with E-state index in [1.165, 1.54) is 0 Å². The summed E-state index contributed by atoms with van der Waals surface area (Å²) >= 11 is 0. The van der Waals surface area contributed by atoms with Gasteiger partial charge in [-0.2, -0.15) is 0 Å². The molecule has 1 unspecified atom stereocenters. The summed E-state index contributed by atoms with van der Waals surface area (Å²) in [6.07, 6.45) is 2.56. The largest absolute Gasteiger partial charge is 0.497 e. The lowest BCUT2D eigenvalue weighted by Crippen LogP contribution is -2.19. The second-order valence-electron chi connectivity index (χ2n) is 5.03. The minimum Gasteiger partial charge on any atom is -0.497 e. The third-order valence-corrected chi connectivity index (χ3v) is 3.57. The predicted molar refractivity (Wildman–Crippen MR) is 78.3 cm³/mol. The number of fused-ring (bicyclic) bond motifs is 1. The van der Waals surface area contributed by atoms with Crippen LogP contribution >= 0.6 is 0 Å². The molecule has 106 valence electrons. The average molecular weight is 273 g/mol. The quantitative estimate of drug-likeness (QED) is 0.927. The van der Waals surface area contributed by atoms with Gasteiger partial charge in [0.25, 0.3) is 0 Å². The Morgan fingerprint density at radius 2 is 2.25 bits per heavy atom. The summed E-state index contributed by atoms with van der Waals surface area (Å²) in [7, 11) is 1.65. The zero-order valence-electron chi connectivity index (χ0n) is 11.8. The molecule has 1 fully saturated rings. The first-order valence-electron chi connectivity index (χ1n) is 6.94. The molecule has 20 heavy (non-hydrogen) atoms. The minimum absolute atomic E-state index is 0.294. The zero-order chi connectivity index (χ0) is 13.9. The van der Waals surface area contributed by atoms with E-state index in [-0.39, 0.29) is 0 Å². The highest BCUT2D eigenvalue weighted by atomic mass is 16.5. The second kappa shape index (κ2) is 5.63. The summed E-state index contributed by atoms with van der Waals surface area (Å²) in [4.78, 5) is 9.21. The molecule has 3 rings (SSSR count). The van der Waals surface area contributed by atoms with Crippen molar-refractivity contribution in [2.45, 2.75) is 25.9 Å². The number of aromatic nitrogens is 2. The van der Waals surface area contributed by atoms with Crippen LogP contribution in [0.2, 0.25) is 0 Å². The molecule has 1 aliphatic rings. The van der Waals surface area contributed by atoms with Crippen LogP contribution in [0.25, 0.3) is 11.0 Å². The molecule has 1 aromatic heterocycles. The first kappa shape index (κ1) is 13.1. The molecular formula is C15H19N3O2. The lowest BCUT2D eigenvalue weighted by molar-refractivity contribution is 0.120. The van der Waals surface area contributed by atoms with Gasteiger partial charge in [0.05, 0.1) is 29.9 Å². The molecule has 1 aromatic carbocycles. The SMILES string of the molecule is COc1ccc2nc(NCC3CCCO3)c(C)nc2c1. The number of ether oxygens (including phenoxy) is 2. The lowest BCUT2D eigenvalue weighted by atomic mass is 10.2. The molecule has 0 bridgehead atoms. The van der Waals surface area contributed by atoms with Gasteiger partial charge in [-0.05, 0) is 31.9 Å². The number of hydrogen-bond acceptors (Lipinski definition) is 5. The lowest BCUT2D eigenvalue weighted by Gasteiger charge is -2.13. The van der Waals surface area contributed by atoms with Gasteiger partial charge in [0.2, 0.25) is 0 Å². The van der Waals surface area contributed by atoms with E-state index in [0.29, 0.717) is 6.10 Å². The van der Waals surface area contributed by atoms with Crippen LogP contribution in [0.4, 0.5) is 5.82 Å². The van der Waals surface area contributed by atoms with Gasteiger partial charge in [-0.3, -0.25) is 0 Å². The molecular weight excluding hydrogens is 254 g/mol. The number of methoxy groups -OCH3 is 1. The van der Waals surface area contributed by atoms with Crippen molar-refractivity contribution in [3.8, 4) is 5.75 Å². The first-order valence-corrected chi connectivity index (χ1v) is 6.94. The van der Waals surface area contributed by atoms with Gasteiger partial charge in [0.1, 0.15) is 11.6 Å². The van der Waals surface area contributed by atoms with E-state index >= 15 is 0 Å². The number of benzene rings is 1. The fourth-order valence-electron chi connectivity index (χ4n) is 2.43. The Balaban J connectivity index is 1.81. The molecule has 5 heteroatoms. The Labute approximate surface area is 118 Å². The maximum absolute atomic E-state index is 5.61. The van der Waals surface area contributed by atoms with Crippen molar-refractivity contribution in [3.05, 3.63) is 23.9 Å². The van der Waals surface area contributed by atoms with Gasteiger partial charge in [-0.1, -0.05) is 0 Å². The van der Waals surface area contributed by atoms with Crippen LogP contribution in [0.15, 0.2) is 18.2 Å². The van der Waals surface area contributed by atoms with E-state index in [9.17, 15) is 0 Å². The van der Waals surface area contributed by atoms with Crippen LogP contribution in [0.1, 0.15) is 18.5 Å². The van der Waals surface area contributed by atoms with Crippen molar-refractivity contribution >= 4 is 16.9 Å². The molecule has 0 radical (unpaired) electrons. The van der Waals surface area contributed by atoms with E-state index < -0.39 is 0 Å². The van der Waals surface area contributed by atoms with Gasteiger partial charge in [0, 0.05) is 19.2 Å². The molecule has 1 atom stereocenters. The maximum atomic E-state index is 5.61. The molecule has 1 N–H and O–H groups in total. The number of hydrogen-bond donors (Lipinski definition) is 1. The van der Waals surface area contributed by atoms with Crippen LogP contribution in [0.5, 0.6) is 5.75 Å². The second-order valence-corrected chi connectivity index (χ2v) is 5.03. The van der Waals surface area contributed by atoms with Crippen LogP contribution < -0.4 is 10.1 Å². The monoisotopic (exact) mass is 273 g/mol. The van der Waals surface area contributed by atoms with E-state index in [1.807, 2.05) is 25.1 Å². The Bertz CT molecular complexity index is 609. The third kappa shape index (κ3) is 2.67. The van der Waals surface area contributed by atoms with Gasteiger partial charge >= 0.3 is 0 Å². The highest BCUT2D eigenvalue weighted by Gasteiger charge is 2.16. The molecule has 0 amide bonds. The number of aryl methyl sites for hydroxylation is 1. The summed E-state index contributed by atoms with van der Waals surface area (Å²) in [6.45, 7) is 3.62. The Morgan fingerprint density at radius 1 is 1.35 bits per heavy atom. The van der Waals surface area contributed by atoms with Crippen molar-refractivity contribution in [2.24, 2.45) is 0 Å². The number of anilines is 1. The summed E-state index contributed by atoms with van der Waals surface area (Å²) < 4.78 is 10.8. The van der Waals surface area contributed by atoms with Crippen molar-refractivity contribution in [3.63, 3.8) is 0 Å². The Hall–Kier alpha value is -1.88. The zero-order valence-corrected chi connectivity index (χ0v) is 11.8. The molecule has 0 aliphatic carbocycles. The molecule has 1 aliphatic heterocycles. The summed E-state index contributed by atoms with van der Waals surface area (Å²) in [5.41, 5.74) is 2.61. The summed E-state index contributed by atoms with van der Waals surface area (Å²) in [5.74, 6) is 1.63. The highest BCUT2D eigenvalue weighted by Crippen LogP contribution is 2.21. The Kier molecular flexibility index (Phi) is 3.69. The molecule has 0 saturated carbocycles. The fraction of sp³-hybridized carbons (Fsp3) is 0.467. The van der Waals surface area contributed by atoms with Crippen molar-refractivity contribution < 1.29 is 9.47 Å². The van der Waals surface area contributed by atoms with E-state index in [4.69, 9.17) is 9.47 Å². The van der Waals surface area contributed by atoms with E-state index in [1.54, 1.807) is 7.11 Å². The van der Waals surface area contributed by atoms with Crippen LogP contribution in [0, 0.1) is 6.92 Å². The van der Waals surface area contributed by atoms with E-state index in [2.05, 4.69) is 15.3 Å². The topological polar surface area (TPSA) is 56.3 Å². The van der Waals surface area contributed by atoms with Crippen molar-refractivity contribution in [2.75, 3.05) is 25.6 Å². The molecule has 2 aromatic rings. The van der Waals surface area contributed by atoms with Crippen LogP contribution in [0.3, 0.4) is 0 Å². The van der Waals surface area contributed by atoms with Gasteiger partial charge < -0.3 is 14.8 Å². The van der Waals surface area contributed by atoms with Crippen molar-refractivity contribution in [1.82, 2.24) is 9.97 Å². The highest BCUT2D eigenvalue weighted by molar-refractivity contribution is 5.78. The minimum atomic E-state index is 0.294. The fourth-order valence-corrected chi connectivity index (χ4v) is 2.43. The predicted octanol–water partition coefficient (Wildman–Crippen LogP) is 2.54. The van der Waals surface area contributed by atoms with Gasteiger partial charge in [-0.15, -0.1) is 0 Å². The molecule has 5 nitrogen and oxygen atoms in total. The summed E-state index contributed by atoms with van der Waals surface area (Å²) in [5, 5.41) is 3.35. The number of rotatable bonds is 4. The van der Waals surface area contributed by atoms with Crippen LogP contribution in [-0.2, 0) is 4.74 Å². The smallest absolute Gasteiger partial charge is 0.148 e. The van der Waals surface area contributed by atoms with E-state index in [0.717, 1.165) is 54.3 Å². The number of nitrogens with zero attached hydrogens (tertiary/aromatic N) is 2. The standard InChI is InChI=1S/C15H19N3O2/c1-10-15(16-9-12-4-3-7-20-12)18-13-6-5-11(19-2)8-14(13)17-10/h5-6,8,12H,3-4,7,9H2,1-2H3,(H,16,18). The third-order valence-electron chi connectivity index (χ3n) is 3.57. The van der Waals surface area contributed by atoms with Crippen molar-refractivity contribution in [1.29, 1.82) is 0 Å². The molecule has 0 spiro atoms. The number of nitrogens with one attached hydrogen (secondary N) is 1. The van der Waals surface area contributed by atoms with Gasteiger partial charge in [0.15, 0.2) is 0 Å². The summed E-state index contributed by atoms with van der Waals surface area (Å²) in [6, 6.07) is 5.73. The maximum Gasteiger partial charge on any atom is 0.148 e. The molecule has 2 heterocycles. The Morgan fingerprint density at radius 3 is 3.00 bits per heavy atom. The average Bonchev–Trinajstić information content (AvgIpc) is 2.97.